The van der Waals surface area contributed by atoms with Crippen LogP contribution in [-0.4, -0.2) is 61.6 Å². The predicted octanol–water partition coefficient (Wildman–Crippen LogP) is 5.89. The summed E-state index contributed by atoms with van der Waals surface area (Å²) in [6.45, 7) is 2.16. The topological polar surface area (TPSA) is 77.1 Å². The Morgan fingerprint density at radius 2 is 1.91 bits per heavy atom. The van der Waals surface area contributed by atoms with Gasteiger partial charge in [0.15, 0.2) is 17.3 Å². The van der Waals surface area contributed by atoms with Gasteiger partial charge < -0.3 is 19.5 Å². The number of carbonyl (C=O) groups is 2. The number of methoxy groups -OCH3 is 2. The standard InChI is InChI=1S/C36H36N2O5S/c1-41-27-10-7-23-17-28-34-12-13-36(42-2,33-35(34,29(23)31(27)43-33)14-15-38(28)19-21-3-4-21)26(18-34)30(39)22-5-8-25(9-6-22)37-32(40)24-11-16-44-20-24/h5-13,16,20-21,26,28,33H,3-4,14-15,17-19H2,1-2H3,(H,37,40)/t26-,28-,33-,34-,35+,36-/m1/s1. The van der Waals surface area contributed by atoms with Crippen LogP contribution in [-0.2, 0) is 16.6 Å². The molecule has 3 aromatic rings. The third kappa shape index (κ3) is 3.34. The third-order valence-electron chi connectivity index (χ3n) is 11.8. The fourth-order valence-electron chi connectivity index (χ4n) is 9.74. The summed E-state index contributed by atoms with van der Waals surface area (Å²) in [5.74, 6) is 1.88. The molecule has 3 heterocycles. The number of rotatable bonds is 8. The zero-order valence-electron chi connectivity index (χ0n) is 25.0. The van der Waals surface area contributed by atoms with E-state index in [0.717, 1.165) is 43.3 Å². The van der Waals surface area contributed by atoms with E-state index in [2.05, 4.69) is 34.5 Å². The maximum Gasteiger partial charge on any atom is 0.256 e. The Morgan fingerprint density at radius 3 is 2.64 bits per heavy atom. The number of ether oxygens (including phenoxy) is 3. The van der Waals surface area contributed by atoms with Crippen LogP contribution in [0.2, 0.25) is 0 Å². The highest BCUT2D eigenvalue weighted by molar-refractivity contribution is 7.08. The van der Waals surface area contributed by atoms with Crippen LogP contribution in [0.4, 0.5) is 5.69 Å². The molecule has 44 heavy (non-hydrogen) atoms. The smallest absolute Gasteiger partial charge is 0.256 e. The summed E-state index contributed by atoms with van der Waals surface area (Å²) in [7, 11) is 3.44. The number of anilines is 1. The second kappa shape index (κ2) is 9.28. The van der Waals surface area contributed by atoms with Gasteiger partial charge in [0.05, 0.1) is 24.0 Å². The van der Waals surface area contributed by atoms with E-state index in [1.54, 1.807) is 20.3 Å². The van der Waals surface area contributed by atoms with E-state index < -0.39 is 11.5 Å². The van der Waals surface area contributed by atoms with Crippen LogP contribution in [0.3, 0.4) is 0 Å². The molecule has 0 radical (unpaired) electrons. The normalized spacial score (nSPS) is 33.9. The minimum absolute atomic E-state index is 0.0604. The average molecular weight is 609 g/mol. The first kappa shape index (κ1) is 26.9. The molecule has 7 aliphatic rings. The predicted molar refractivity (Wildman–Crippen MR) is 168 cm³/mol. The molecule has 6 atom stereocenters. The highest BCUT2D eigenvalue weighted by Crippen LogP contribution is 2.75. The molecule has 2 aliphatic heterocycles. The maximum atomic E-state index is 14.6. The van der Waals surface area contributed by atoms with Gasteiger partial charge in [-0.2, -0.15) is 11.3 Å². The molecule has 1 aromatic heterocycles. The van der Waals surface area contributed by atoms with Crippen molar-refractivity contribution >= 4 is 28.7 Å². The van der Waals surface area contributed by atoms with Crippen LogP contribution in [0.5, 0.6) is 11.5 Å². The van der Waals surface area contributed by atoms with Crippen LogP contribution in [0.25, 0.3) is 0 Å². The number of nitrogens with one attached hydrogen (secondary N) is 1. The van der Waals surface area contributed by atoms with E-state index in [4.69, 9.17) is 14.2 Å². The van der Waals surface area contributed by atoms with Crippen molar-refractivity contribution in [3.05, 3.63) is 87.6 Å². The lowest BCUT2D eigenvalue weighted by Gasteiger charge is -2.71. The second-order valence-corrected chi connectivity index (χ2v) is 14.4. The fourth-order valence-corrected chi connectivity index (χ4v) is 10.4. The Balaban J connectivity index is 1.12. The van der Waals surface area contributed by atoms with Crippen molar-refractivity contribution in [1.29, 1.82) is 0 Å². The largest absolute Gasteiger partial charge is 0.493 e. The van der Waals surface area contributed by atoms with Crippen LogP contribution in [0.15, 0.2) is 65.4 Å². The van der Waals surface area contributed by atoms with E-state index in [9.17, 15) is 9.59 Å². The maximum absolute atomic E-state index is 14.6. The molecule has 1 amide bonds. The van der Waals surface area contributed by atoms with Gasteiger partial charge in [0.1, 0.15) is 11.7 Å². The minimum Gasteiger partial charge on any atom is -0.493 e. The van der Waals surface area contributed by atoms with Gasteiger partial charge in [0, 0.05) is 47.3 Å². The quantitative estimate of drug-likeness (QED) is 0.254. The van der Waals surface area contributed by atoms with Gasteiger partial charge in [-0.25, -0.2) is 0 Å². The van der Waals surface area contributed by atoms with Gasteiger partial charge >= 0.3 is 0 Å². The Kier molecular flexibility index (Phi) is 5.68. The molecule has 226 valence electrons. The number of benzene rings is 2. The van der Waals surface area contributed by atoms with E-state index >= 15 is 0 Å². The van der Waals surface area contributed by atoms with Crippen molar-refractivity contribution in [2.24, 2.45) is 17.3 Å². The number of hydrogen-bond donors (Lipinski definition) is 1. The Labute approximate surface area is 261 Å². The monoisotopic (exact) mass is 608 g/mol. The molecule has 7 nitrogen and oxygen atoms in total. The number of amides is 1. The molecule has 8 heteroatoms. The van der Waals surface area contributed by atoms with Gasteiger partial charge in [-0.15, -0.1) is 0 Å². The zero-order valence-corrected chi connectivity index (χ0v) is 25.8. The van der Waals surface area contributed by atoms with Gasteiger partial charge in [-0.05, 0) is 91.9 Å². The zero-order chi connectivity index (χ0) is 29.8. The number of nitrogens with zero attached hydrogens (tertiary/aromatic N) is 1. The fraction of sp³-hybridized carbons (Fsp3) is 0.444. The van der Waals surface area contributed by atoms with Crippen LogP contribution < -0.4 is 14.8 Å². The Bertz CT molecular complexity index is 1710. The number of thiophene rings is 1. The lowest BCUT2D eigenvalue weighted by Crippen LogP contribution is -2.79. The Hall–Kier alpha value is -3.46. The van der Waals surface area contributed by atoms with Crippen LogP contribution >= 0.6 is 11.3 Å². The van der Waals surface area contributed by atoms with E-state index in [-0.39, 0.29) is 28.6 Å². The number of carbonyl (C=O) groups excluding carboxylic acids is 2. The van der Waals surface area contributed by atoms with Crippen LogP contribution in [0, 0.1) is 17.3 Å². The SMILES string of the molecule is COc1ccc2c3c1O[C@H]1[C@@]4(OC)C=C[C@@]5(C[C@@H]4C(=O)c4ccc(NC(=O)c6ccsc6)cc4)[C@@H](C2)N(CC2CC2)CC[C@]315. The molecular weight excluding hydrogens is 572 g/mol. The molecule has 5 aliphatic carbocycles. The first-order chi connectivity index (χ1) is 21.4. The van der Waals surface area contributed by atoms with Crippen molar-refractivity contribution in [2.75, 3.05) is 32.6 Å². The van der Waals surface area contributed by atoms with Gasteiger partial charge in [-0.3, -0.25) is 14.5 Å². The number of fused-ring (bicyclic) bond motifs is 1. The lowest BCUT2D eigenvalue weighted by molar-refractivity contribution is -0.206. The van der Waals surface area contributed by atoms with E-state index in [1.165, 1.54) is 35.3 Å². The molecule has 4 bridgehead atoms. The lowest BCUT2D eigenvalue weighted by atomic mass is 9.36. The highest BCUT2D eigenvalue weighted by Gasteiger charge is 2.80. The highest BCUT2D eigenvalue weighted by atomic mass is 32.1. The number of hydrogen-bond acceptors (Lipinski definition) is 7. The van der Waals surface area contributed by atoms with Crippen molar-refractivity contribution in [3.63, 3.8) is 0 Å². The summed E-state index contributed by atoms with van der Waals surface area (Å²) in [4.78, 5) is 30.0. The van der Waals surface area contributed by atoms with Crippen molar-refractivity contribution in [3.8, 4) is 11.5 Å². The molecular formula is C36H36N2O5S. The van der Waals surface area contributed by atoms with Crippen molar-refractivity contribution < 1.29 is 23.8 Å². The van der Waals surface area contributed by atoms with E-state index in [1.807, 2.05) is 35.0 Å². The molecule has 3 fully saturated rings. The van der Waals surface area contributed by atoms with Gasteiger partial charge in [0.25, 0.3) is 5.91 Å². The number of likely N-dealkylation sites (tertiary alicyclic amines) is 1. The molecule has 2 spiro atoms. The first-order valence-corrected chi connectivity index (χ1v) is 16.7. The van der Waals surface area contributed by atoms with Crippen molar-refractivity contribution in [2.45, 2.75) is 55.3 Å². The molecule has 10 rings (SSSR count). The van der Waals surface area contributed by atoms with Crippen molar-refractivity contribution in [1.82, 2.24) is 4.90 Å². The second-order valence-electron chi connectivity index (χ2n) is 13.6. The van der Waals surface area contributed by atoms with Gasteiger partial charge in [0.2, 0.25) is 0 Å². The molecule has 0 unspecified atom stereocenters. The van der Waals surface area contributed by atoms with E-state index in [0.29, 0.717) is 29.3 Å². The number of Topliss-reactive ketones (excluding diaryl/α,β-unsaturated/α-hetero) is 1. The summed E-state index contributed by atoms with van der Waals surface area (Å²) < 4.78 is 19.4. The first-order valence-electron chi connectivity index (χ1n) is 15.8. The molecule has 2 aromatic carbocycles. The third-order valence-corrected chi connectivity index (χ3v) is 12.5. The summed E-state index contributed by atoms with van der Waals surface area (Å²) in [6.07, 6.45) is 9.57. The molecule has 2 saturated carbocycles. The molecule has 1 saturated heterocycles. The van der Waals surface area contributed by atoms with Gasteiger partial charge in [-0.1, -0.05) is 18.2 Å². The summed E-state index contributed by atoms with van der Waals surface area (Å²) >= 11 is 1.49. The molecule has 1 N–H and O–H groups in total. The number of piperidine rings is 1. The Morgan fingerprint density at radius 1 is 1.07 bits per heavy atom. The number of ketones is 1. The minimum atomic E-state index is -0.910. The van der Waals surface area contributed by atoms with Crippen LogP contribution in [0.1, 0.15) is 57.5 Å². The summed E-state index contributed by atoms with van der Waals surface area (Å²) in [5.41, 5.74) is 3.14. The summed E-state index contributed by atoms with van der Waals surface area (Å²) in [5, 5.41) is 6.65. The average Bonchev–Trinajstić information content (AvgIpc) is 3.53. The summed E-state index contributed by atoms with van der Waals surface area (Å²) in [6, 6.07) is 13.7.